The van der Waals surface area contributed by atoms with Gasteiger partial charge in [0, 0.05) is 24.2 Å². The first-order valence-corrected chi connectivity index (χ1v) is 8.30. The molecule has 0 heterocycles. The van der Waals surface area contributed by atoms with Gasteiger partial charge in [0.15, 0.2) is 0 Å². The first-order valence-electron chi connectivity index (χ1n) is 7.92. The number of ether oxygens (including phenoxy) is 2. The minimum absolute atomic E-state index is 0. The third-order valence-electron chi connectivity index (χ3n) is 3.92. The minimum atomic E-state index is -0.231. The first kappa shape index (κ1) is 21.9. The van der Waals surface area contributed by atoms with Crippen molar-refractivity contribution in [2.24, 2.45) is 0 Å². The average molecular weight is 399 g/mol. The van der Waals surface area contributed by atoms with Gasteiger partial charge in [-0.1, -0.05) is 23.7 Å². The molecule has 0 bridgehead atoms. The molecule has 0 aromatic heterocycles. The zero-order chi connectivity index (χ0) is 18.4. The zero-order valence-corrected chi connectivity index (χ0v) is 16.9. The Morgan fingerprint density at radius 1 is 1.15 bits per heavy atom. The number of rotatable bonds is 6. The van der Waals surface area contributed by atoms with E-state index >= 15 is 0 Å². The monoisotopic (exact) mass is 398 g/mol. The number of nitrogens with zero attached hydrogens (tertiary/aromatic N) is 1. The number of halogens is 2. The Bertz CT molecular complexity index is 723. The SMILES string of the molecule is COc1ccc(OC)c(C(C)NC(=O)N(C)Cc2ccc(Cl)cc2)c1.Cl. The first-order chi connectivity index (χ1) is 11.9. The predicted octanol–water partition coefficient (Wildman–Crippen LogP) is 4.68. The molecule has 0 saturated carbocycles. The highest BCUT2D eigenvalue weighted by atomic mass is 35.5. The number of nitrogens with one attached hydrogen (secondary N) is 1. The second-order valence-corrected chi connectivity index (χ2v) is 6.20. The molecule has 0 saturated heterocycles. The number of amides is 2. The molecule has 7 heteroatoms. The van der Waals surface area contributed by atoms with Crippen molar-refractivity contribution in [1.29, 1.82) is 0 Å². The van der Waals surface area contributed by atoms with Gasteiger partial charge >= 0.3 is 6.03 Å². The number of hydrogen-bond donors (Lipinski definition) is 1. The fourth-order valence-electron chi connectivity index (χ4n) is 2.49. The molecule has 0 fully saturated rings. The Morgan fingerprint density at radius 3 is 2.38 bits per heavy atom. The van der Waals surface area contributed by atoms with E-state index < -0.39 is 0 Å². The smallest absolute Gasteiger partial charge is 0.317 e. The molecule has 0 radical (unpaired) electrons. The largest absolute Gasteiger partial charge is 0.497 e. The average Bonchev–Trinajstić information content (AvgIpc) is 2.62. The Hall–Kier alpha value is -2.11. The van der Waals surface area contributed by atoms with Crippen molar-refractivity contribution in [2.75, 3.05) is 21.3 Å². The maximum atomic E-state index is 12.5. The summed E-state index contributed by atoms with van der Waals surface area (Å²) in [6.45, 7) is 2.40. The summed E-state index contributed by atoms with van der Waals surface area (Å²) in [6.07, 6.45) is 0. The zero-order valence-electron chi connectivity index (χ0n) is 15.3. The van der Waals surface area contributed by atoms with Crippen LogP contribution in [-0.4, -0.2) is 32.2 Å². The predicted molar refractivity (Wildman–Crippen MR) is 107 cm³/mol. The highest BCUT2D eigenvalue weighted by molar-refractivity contribution is 6.30. The number of carbonyl (C=O) groups excluding carboxylic acids is 1. The summed E-state index contributed by atoms with van der Waals surface area (Å²) in [5, 5.41) is 3.65. The van der Waals surface area contributed by atoms with Crippen LogP contribution < -0.4 is 14.8 Å². The lowest BCUT2D eigenvalue weighted by molar-refractivity contribution is 0.203. The molecular formula is C19H24Cl2N2O3. The molecule has 0 aliphatic carbocycles. The Morgan fingerprint density at radius 2 is 1.81 bits per heavy atom. The van der Waals surface area contributed by atoms with Crippen LogP contribution in [0.2, 0.25) is 5.02 Å². The van der Waals surface area contributed by atoms with Crippen molar-refractivity contribution >= 4 is 30.0 Å². The van der Waals surface area contributed by atoms with Crippen molar-refractivity contribution < 1.29 is 14.3 Å². The lowest BCUT2D eigenvalue weighted by atomic mass is 10.1. The number of urea groups is 1. The van der Waals surface area contributed by atoms with Crippen molar-refractivity contribution in [3.05, 3.63) is 58.6 Å². The van der Waals surface area contributed by atoms with E-state index in [1.807, 2.05) is 49.4 Å². The van der Waals surface area contributed by atoms with Crippen molar-refractivity contribution in [2.45, 2.75) is 19.5 Å². The molecular weight excluding hydrogens is 375 g/mol. The fraction of sp³-hybridized carbons (Fsp3) is 0.316. The molecule has 1 N–H and O–H groups in total. The molecule has 2 amide bonds. The summed E-state index contributed by atoms with van der Waals surface area (Å²) in [5.41, 5.74) is 1.86. The Kier molecular flexibility index (Phi) is 8.55. The topological polar surface area (TPSA) is 50.8 Å². The van der Waals surface area contributed by atoms with Crippen LogP contribution in [0.3, 0.4) is 0 Å². The number of hydrogen-bond acceptors (Lipinski definition) is 3. The van der Waals surface area contributed by atoms with Gasteiger partial charge in [0.2, 0.25) is 0 Å². The van der Waals surface area contributed by atoms with E-state index in [9.17, 15) is 4.79 Å². The van der Waals surface area contributed by atoms with E-state index in [-0.39, 0.29) is 24.5 Å². The quantitative estimate of drug-likeness (QED) is 0.767. The lowest BCUT2D eigenvalue weighted by Crippen LogP contribution is -2.38. The summed E-state index contributed by atoms with van der Waals surface area (Å²) < 4.78 is 10.6. The highest BCUT2D eigenvalue weighted by Gasteiger charge is 2.17. The molecule has 2 aromatic rings. The normalized spacial score (nSPS) is 11.1. The van der Waals surface area contributed by atoms with Crippen molar-refractivity contribution in [1.82, 2.24) is 10.2 Å². The summed E-state index contributed by atoms with van der Waals surface area (Å²) in [7, 11) is 4.96. The summed E-state index contributed by atoms with van der Waals surface area (Å²) >= 11 is 5.89. The van der Waals surface area contributed by atoms with Gasteiger partial charge in [-0.2, -0.15) is 0 Å². The van der Waals surface area contributed by atoms with Crippen LogP contribution in [0.5, 0.6) is 11.5 Å². The van der Waals surface area contributed by atoms with Crippen LogP contribution in [-0.2, 0) is 6.54 Å². The van der Waals surface area contributed by atoms with Crippen LogP contribution in [0.15, 0.2) is 42.5 Å². The standard InChI is InChI=1S/C19H23ClN2O3.ClH/c1-13(17-11-16(24-3)9-10-18(17)25-4)21-19(23)22(2)12-14-5-7-15(20)8-6-14;/h5-11,13H,12H2,1-4H3,(H,21,23);1H. The minimum Gasteiger partial charge on any atom is -0.497 e. The number of methoxy groups -OCH3 is 2. The lowest BCUT2D eigenvalue weighted by Gasteiger charge is -2.23. The van der Waals surface area contributed by atoms with E-state index in [0.717, 1.165) is 11.1 Å². The van der Waals surface area contributed by atoms with Gasteiger partial charge in [-0.15, -0.1) is 12.4 Å². The van der Waals surface area contributed by atoms with Crippen molar-refractivity contribution in [3.8, 4) is 11.5 Å². The van der Waals surface area contributed by atoms with E-state index in [4.69, 9.17) is 21.1 Å². The third-order valence-corrected chi connectivity index (χ3v) is 4.18. The molecule has 2 rings (SSSR count). The molecule has 0 spiro atoms. The van der Waals surface area contributed by atoms with E-state index in [1.165, 1.54) is 0 Å². The van der Waals surface area contributed by atoms with Gasteiger partial charge in [0.25, 0.3) is 0 Å². The van der Waals surface area contributed by atoms with Gasteiger partial charge < -0.3 is 19.7 Å². The van der Waals surface area contributed by atoms with Gasteiger partial charge in [0.05, 0.1) is 20.3 Å². The Labute approximate surface area is 165 Å². The molecule has 1 atom stereocenters. The fourth-order valence-corrected chi connectivity index (χ4v) is 2.61. The molecule has 26 heavy (non-hydrogen) atoms. The molecule has 0 aliphatic heterocycles. The van der Waals surface area contributed by atoms with Gasteiger partial charge in [-0.25, -0.2) is 4.79 Å². The van der Waals surface area contributed by atoms with Crippen LogP contribution in [0.25, 0.3) is 0 Å². The molecule has 5 nitrogen and oxygen atoms in total. The summed E-state index contributed by atoms with van der Waals surface area (Å²) in [5.74, 6) is 1.42. The second kappa shape index (κ2) is 10.1. The van der Waals surface area contributed by atoms with Crippen molar-refractivity contribution in [3.63, 3.8) is 0 Å². The van der Waals surface area contributed by atoms with E-state index in [2.05, 4.69) is 5.32 Å². The van der Waals surface area contributed by atoms with Gasteiger partial charge in [0.1, 0.15) is 11.5 Å². The highest BCUT2D eigenvalue weighted by Crippen LogP contribution is 2.29. The van der Waals surface area contributed by atoms with E-state index in [0.29, 0.717) is 23.1 Å². The molecule has 2 aromatic carbocycles. The Balaban J connectivity index is 0.00000338. The maximum absolute atomic E-state index is 12.5. The summed E-state index contributed by atoms with van der Waals surface area (Å²) in [4.78, 5) is 14.1. The van der Waals surface area contributed by atoms with E-state index in [1.54, 1.807) is 26.2 Å². The molecule has 142 valence electrons. The maximum Gasteiger partial charge on any atom is 0.317 e. The van der Waals surface area contributed by atoms with Crippen LogP contribution >= 0.6 is 24.0 Å². The number of benzene rings is 2. The summed E-state index contributed by atoms with van der Waals surface area (Å²) in [6, 6.07) is 12.5. The molecule has 0 aliphatic rings. The third kappa shape index (κ3) is 5.71. The van der Waals surface area contributed by atoms with Crippen LogP contribution in [0.1, 0.15) is 24.1 Å². The van der Waals surface area contributed by atoms with Gasteiger partial charge in [-0.05, 0) is 42.8 Å². The van der Waals surface area contributed by atoms with Crippen LogP contribution in [0.4, 0.5) is 4.79 Å². The number of carbonyl (C=O) groups is 1. The van der Waals surface area contributed by atoms with Crippen LogP contribution in [0, 0.1) is 0 Å². The second-order valence-electron chi connectivity index (χ2n) is 5.76. The molecule has 1 unspecified atom stereocenters. The van der Waals surface area contributed by atoms with Gasteiger partial charge in [-0.3, -0.25) is 0 Å².